The molecule has 0 bridgehead atoms. The zero-order valence-electron chi connectivity index (χ0n) is 14.5. The fourth-order valence-corrected chi connectivity index (χ4v) is 3.12. The highest BCUT2D eigenvalue weighted by Crippen LogP contribution is 2.28. The molecule has 2 aromatic heterocycles. The largest absolute Gasteiger partial charge is 0.490 e. The van der Waals surface area contributed by atoms with Crippen molar-refractivity contribution in [3.8, 4) is 5.75 Å². The maximum Gasteiger partial charge on any atom is 0.213 e. The summed E-state index contributed by atoms with van der Waals surface area (Å²) in [6.45, 7) is 4.01. The molecule has 0 saturated carbocycles. The van der Waals surface area contributed by atoms with E-state index >= 15 is 0 Å². The number of nitrogens with one attached hydrogen (secondary N) is 2. The van der Waals surface area contributed by atoms with E-state index in [1.807, 2.05) is 25.1 Å². The predicted molar refractivity (Wildman–Crippen MR) is 98.3 cm³/mol. The molecule has 134 valence electrons. The van der Waals surface area contributed by atoms with Gasteiger partial charge in [0.1, 0.15) is 24.0 Å². The standard InChI is InChI=1S/C19H20FN5O/c1-12-8-13(2-3-17(12)26-14-4-6-21-7-5-14)25-19-15-9-18(20)22-10-16(15)23-11-24-19/h2-3,8-11,14,21H,4-7H2,1H3,(H,23,24,25). The SMILES string of the molecule is Cc1cc(Nc2ncnc3cnc(F)cc23)ccc1OC1CCNCC1. The van der Waals surface area contributed by atoms with E-state index in [1.54, 1.807) is 0 Å². The minimum atomic E-state index is -0.558. The summed E-state index contributed by atoms with van der Waals surface area (Å²) in [5.74, 6) is 0.880. The van der Waals surface area contributed by atoms with Gasteiger partial charge >= 0.3 is 0 Å². The van der Waals surface area contributed by atoms with Crippen molar-refractivity contribution >= 4 is 22.4 Å². The van der Waals surface area contributed by atoms with E-state index in [4.69, 9.17) is 4.74 Å². The Balaban J connectivity index is 1.55. The van der Waals surface area contributed by atoms with Crippen LogP contribution in [-0.2, 0) is 0 Å². The van der Waals surface area contributed by atoms with Gasteiger partial charge in [-0.15, -0.1) is 0 Å². The quantitative estimate of drug-likeness (QED) is 0.701. The normalized spacial score (nSPS) is 15.2. The zero-order valence-corrected chi connectivity index (χ0v) is 14.5. The summed E-state index contributed by atoms with van der Waals surface area (Å²) in [6, 6.07) is 7.24. The number of fused-ring (bicyclic) bond motifs is 1. The number of hydrogen-bond acceptors (Lipinski definition) is 6. The van der Waals surface area contributed by atoms with Crippen LogP contribution in [0.25, 0.3) is 10.9 Å². The molecule has 7 heteroatoms. The summed E-state index contributed by atoms with van der Waals surface area (Å²) in [5.41, 5.74) is 2.49. The lowest BCUT2D eigenvalue weighted by atomic mass is 10.1. The number of ether oxygens (including phenoxy) is 1. The molecule has 0 aliphatic carbocycles. The molecule has 4 rings (SSSR count). The number of benzene rings is 1. The maximum absolute atomic E-state index is 13.5. The van der Waals surface area contributed by atoms with Crippen LogP contribution in [-0.4, -0.2) is 34.1 Å². The second kappa shape index (κ2) is 7.21. The van der Waals surface area contributed by atoms with Gasteiger partial charge in [0, 0.05) is 17.1 Å². The van der Waals surface area contributed by atoms with E-state index in [9.17, 15) is 4.39 Å². The average molecular weight is 353 g/mol. The van der Waals surface area contributed by atoms with Crippen LogP contribution in [0.3, 0.4) is 0 Å². The minimum absolute atomic E-state index is 0.259. The Hall–Kier alpha value is -2.80. The third kappa shape index (κ3) is 3.57. The van der Waals surface area contributed by atoms with E-state index in [-0.39, 0.29) is 6.10 Å². The second-order valence-electron chi connectivity index (χ2n) is 6.42. The molecule has 6 nitrogen and oxygen atoms in total. The molecule has 1 aromatic carbocycles. The smallest absolute Gasteiger partial charge is 0.213 e. The highest BCUT2D eigenvalue weighted by atomic mass is 19.1. The van der Waals surface area contributed by atoms with Crippen LogP contribution in [0.1, 0.15) is 18.4 Å². The molecule has 0 unspecified atom stereocenters. The number of nitrogens with zero attached hydrogens (tertiary/aromatic N) is 3. The molecule has 0 amide bonds. The van der Waals surface area contributed by atoms with Crippen LogP contribution in [0.2, 0.25) is 0 Å². The molecule has 0 atom stereocenters. The van der Waals surface area contributed by atoms with Crippen molar-refractivity contribution in [3.63, 3.8) is 0 Å². The number of pyridine rings is 1. The number of piperidine rings is 1. The Kier molecular flexibility index (Phi) is 4.62. The van der Waals surface area contributed by atoms with Crippen molar-refractivity contribution in [2.45, 2.75) is 25.9 Å². The van der Waals surface area contributed by atoms with Crippen LogP contribution < -0.4 is 15.4 Å². The lowest BCUT2D eigenvalue weighted by Gasteiger charge is -2.24. The van der Waals surface area contributed by atoms with E-state index in [0.29, 0.717) is 16.7 Å². The van der Waals surface area contributed by atoms with Crippen LogP contribution in [0.5, 0.6) is 5.75 Å². The molecule has 1 saturated heterocycles. The summed E-state index contributed by atoms with van der Waals surface area (Å²) in [7, 11) is 0. The summed E-state index contributed by atoms with van der Waals surface area (Å²) < 4.78 is 19.6. The fourth-order valence-electron chi connectivity index (χ4n) is 3.12. The van der Waals surface area contributed by atoms with E-state index in [2.05, 4.69) is 25.6 Å². The Labute approximate surface area is 150 Å². The van der Waals surface area contributed by atoms with Crippen molar-refractivity contribution in [2.24, 2.45) is 0 Å². The molecule has 2 N–H and O–H groups in total. The molecule has 3 aromatic rings. The first kappa shape index (κ1) is 16.7. The van der Waals surface area contributed by atoms with Gasteiger partial charge in [-0.2, -0.15) is 4.39 Å². The molecule has 0 radical (unpaired) electrons. The summed E-state index contributed by atoms with van der Waals surface area (Å²) in [4.78, 5) is 12.0. The Morgan fingerprint density at radius 2 is 2.00 bits per heavy atom. The monoisotopic (exact) mass is 353 g/mol. The van der Waals surface area contributed by atoms with Crippen LogP contribution in [0, 0.1) is 12.9 Å². The van der Waals surface area contributed by atoms with Gasteiger partial charge in [0.15, 0.2) is 0 Å². The third-order valence-electron chi connectivity index (χ3n) is 4.51. The Bertz CT molecular complexity index is 927. The molecule has 26 heavy (non-hydrogen) atoms. The van der Waals surface area contributed by atoms with E-state index < -0.39 is 5.95 Å². The first-order chi connectivity index (χ1) is 12.7. The van der Waals surface area contributed by atoms with Crippen LogP contribution in [0.15, 0.2) is 36.8 Å². The zero-order chi connectivity index (χ0) is 17.9. The fraction of sp³-hybridized carbons (Fsp3) is 0.316. The number of anilines is 2. The second-order valence-corrected chi connectivity index (χ2v) is 6.42. The average Bonchev–Trinajstić information content (AvgIpc) is 2.65. The first-order valence-corrected chi connectivity index (χ1v) is 8.70. The summed E-state index contributed by atoms with van der Waals surface area (Å²) in [6.07, 6.45) is 5.14. The van der Waals surface area contributed by atoms with Gasteiger partial charge in [-0.3, -0.25) is 0 Å². The molecule has 1 aliphatic rings. The Morgan fingerprint density at radius 3 is 2.81 bits per heavy atom. The molecule has 1 fully saturated rings. The van der Waals surface area contributed by atoms with Crippen LogP contribution in [0.4, 0.5) is 15.9 Å². The van der Waals surface area contributed by atoms with Gasteiger partial charge in [-0.05, 0) is 56.6 Å². The van der Waals surface area contributed by atoms with Gasteiger partial charge < -0.3 is 15.4 Å². The number of aryl methyl sites for hydroxylation is 1. The van der Waals surface area contributed by atoms with Gasteiger partial charge in [-0.25, -0.2) is 15.0 Å². The minimum Gasteiger partial charge on any atom is -0.490 e. The molecular weight excluding hydrogens is 333 g/mol. The van der Waals surface area contributed by atoms with Gasteiger partial charge in [0.25, 0.3) is 0 Å². The van der Waals surface area contributed by atoms with E-state index in [0.717, 1.165) is 42.9 Å². The van der Waals surface area contributed by atoms with Crippen molar-refractivity contribution < 1.29 is 9.13 Å². The first-order valence-electron chi connectivity index (χ1n) is 8.70. The number of aromatic nitrogens is 3. The van der Waals surface area contributed by atoms with Crippen LogP contribution >= 0.6 is 0 Å². The topological polar surface area (TPSA) is 72.0 Å². The predicted octanol–water partition coefficient (Wildman–Crippen LogP) is 3.35. The third-order valence-corrected chi connectivity index (χ3v) is 4.51. The Morgan fingerprint density at radius 1 is 1.15 bits per heavy atom. The highest BCUT2D eigenvalue weighted by Gasteiger charge is 2.15. The van der Waals surface area contributed by atoms with E-state index in [1.165, 1.54) is 18.6 Å². The molecule has 1 aliphatic heterocycles. The number of halogens is 1. The maximum atomic E-state index is 13.5. The lowest BCUT2D eigenvalue weighted by Crippen LogP contribution is -2.34. The van der Waals surface area contributed by atoms with Gasteiger partial charge in [0.05, 0.1) is 11.7 Å². The van der Waals surface area contributed by atoms with Gasteiger partial charge in [-0.1, -0.05) is 0 Å². The van der Waals surface area contributed by atoms with Gasteiger partial charge in [0.2, 0.25) is 5.95 Å². The molecule has 3 heterocycles. The molecule has 0 spiro atoms. The highest BCUT2D eigenvalue weighted by molar-refractivity contribution is 5.89. The number of rotatable bonds is 4. The molecular formula is C19H20FN5O. The summed E-state index contributed by atoms with van der Waals surface area (Å²) in [5, 5.41) is 7.16. The van der Waals surface area contributed by atoms with Crippen molar-refractivity contribution in [1.29, 1.82) is 0 Å². The number of hydrogen-bond donors (Lipinski definition) is 2. The van der Waals surface area contributed by atoms with Crippen molar-refractivity contribution in [3.05, 3.63) is 48.3 Å². The van der Waals surface area contributed by atoms with Crippen molar-refractivity contribution in [2.75, 3.05) is 18.4 Å². The lowest BCUT2D eigenvalue weighted by molar-refractivity contribution is 0.161. The summed E-state index contributed by atoms with van der Waals surface area (Å²) >= 11 is 0. The van der Waals surface area contributed by atoms with Crippen molar-refractivity contribution in [1.82, 2.24) is 20.3 Å².